The summed E-state index contributed by atoms with van der Waals surface area (Å²) in [5.41, 5.74) is 6.85. The second-order valence-electron chi connectivity index (χ2n) is 2.35. The van der Waals surface area contributed by atoms with Crippen molar-refractivity contribution in [1.29, 1.82) is 0 Å². The molecule has 1 fully saturated rings. The van der Waals surface area contributed by atoms with Crippen LogP contribution in [0.2, 0.25) is 0 Å². The van der Waals surface area contributed by atoms with Gasteiger partial charge >= 0.3 is 0 Å². The van der Waals surface area contributed by atoms with Crippen molar-refractivity contribution in [3.63, 3.8) is 0 Å². The van der Waals surface area contributed by atoms with Gasteiger partial charge < -0.3 is 10.1 Å². The van der Waals surface area contributed by atoms with Crippen LogP contribution in [0, 0.1) is 0 Å². The van der Waals surface area contributed by atoms with E-state index in [1.165, 1.54) is 0 Å². The van der Waals surface area contributed by atoms with Gasteiger partial charge in [0.25, 0.3) is 0 Å². The molecule has 0 bridgehead atoms. The minimum absolute atomic E-state index is 0.184. The first-order valence-electron chi connectivity index (χ1n) is 3.35. The molecule has 0 aromatic carbocycles. The molecule has 0 spiro atoms. The summed E-state index contributed by atoms with van der Waals surface area (Å²) in [6.45, 7) is 0. The van der Waals surface area contributed by atoms with E-state index in [1.807, 2.05) is 0 Å². The predicted octanol–water partition coefficient (Wildman–Crippen LogP) is 0.195. The van der Waals surface area contributed by atoms with E-state index >= 15 is 0 Å². The zero-order valence-corrected chi connectivity index (χ0v) is 6.36. The van der Waals surface area contributed by atoms with Crippen LogP contribution in [0.4, 0.5) is 0 Å². The van der Waals surface area contributed by atoms with Crippen LogP contribution < -0.4 is 11.1 Å². The zero-order valence-electron chi connectivity index (χ0n) is 5.54. The average Bonchev–Trinajstić information content (AvgIpc) is 2.27. The number of rotatable bonds is 0. The minimum Gasteiger partial charge on any atom is -0.349 e. The van der Waals surface area contributed by atoms with Crippen LogP contribution in [0.1, 0.15) is 6.42 Å². The van der Waals surface area contributed by atoms with Gasteiger partial charge in [-0.1, -0.05) is 6.08 Å². The summed E-state index contributed by atoms with van der Waals surface area (Å²) in [6.07, 6.45) is 3.00. The molecule has 2 unspecified atom stereocenters. The molecule has 3 N–H and O–H groups in total. The number of allylic oxidation sites excluding steroid dienone is 1. The monoisotopic (exact) mass is 158 g/mol. The van der Waals surface area contributed by atoms with E-state index in [0.29, 0.717) is 0 Å². The molecule has 0 saturated carbocycles. The van der Waals surface area contributed by atoms with Crippen molar-refractivity contribution in [1.82, 2.24) is 5.32 Å². The molecule has 0 aromatic rings. The van der Waals surface area contributed by atoms with E-state index in [2.05, 4.69) is 11.4 Å². The third kappa shape index (κ3) is 1.02. The van der Waals surface area contributed by atoms with Crippen LogP contribution in [0.15, 0.2) is 11.8 Å². The quantitative estimate of drug-likeness (QED) is 0.528. The average molecular weight is 158 g/mol. The highest BCUT2D eigenvalue weighted by Gasteiger charge is 2.28. The number of fused-ring (bicyclic) bond motifs is 1. The summed E-state index contributed by atoms with van der Waals surface area (Å²) in [4.78, 5) is 0. The summed E-state index contributed by atoms with van der Waals surface area (Å²) in [6, 6.07) is 0. The highest BCUT2D eigenvalue weighted by molar-refractivity contribution is 8.00. The second kappa shape index (κ2) is 2.45. The first-order valence-corrected chi connectivity index (χ1v) is 4.40. The Balaban J connectivity index is 2.13. The number of ether oxygens (including phenoxy) is 1. The molecule has 0 aliphatic carbocycles. The predicted molar refractivity (Wildman–Crippen MR) is 41.1 cm³/mol. The second-order valence-corrected chi connectivity index (χ2v) is 3.52. The Labute approximate surface area is 64.0 Å². The smallest absolute Gasteiger partial charge is 0.183 e. The maximum atomic E-state index is 5.51. The fourth-order valence-electron chi connectivity index (χ4n) is 1.15. The van der Waals surface area contributed by atoms with Gasteiger partial charge in [0.15, 0.2) is 6.35 Å². The standard InChI is InChI=1S/C6H10N2OS/c7-6-8-4-2-1-3-10-5(4)9-6/h2,5-6,8H,1,3,7H2. The first-order chi connectivity index (χ1) is 4.86. The van der Waals surface area contributed by atoms with Crippen LogP contribution in [-0.4, -0.2) is 17.5 Å². The van der Waals surface area contributed by atoms with Gasteiger partial charge in [0.1, 0.15) is 5.44 Å². The number of nitrogens with two attached hydrogens (primary N) is 1. The molecule has 4 heteroatoms. The van der Waals surface area contributed by atoms with Gasteiger partial charge in [-0.15, -0.1) is 11.8 Å². The molecule has 1 saturated heterocycles. The lowest BCUT2D eigenvalue weighted by Gasteiger charge is -2.13. The Morgan fingerprint density at radius 2 is 2.70 bits per heavy atom. The van der Waals surface area contributed by atoms with Crippen LogP contribution in [0.25, 0.3) is 0 Å². The Hall–Kier alpha value is -0.190. The van der Waals surface area contributed by atoms with Gasteiger partial charge in [-0.3, -0.25) is 5.73 Å². The molecule has 2 aliphatic rings. The van der Waals surface area contributed by atoms with E-state index in [-0.39, 0.29) is 11.8 Å². The van der Waals surface area contributed by atoms with Gasteiger partial charge in [-0.05, 0) is 12.2 Å². The van der Waals surface area contributed by atoms with Gasteiger partial charge in [-0.2, -0.15) is 0 Å². The largest absolute Gasteiger partial charge is 0.349 e. The van der Waals surface area contributed by atoms with E-state index in [9.17, 15) is 0 Å². The zero-order chi connectivity index (χ0) is 6.97. The highest BCUT2D eigenvalue weighted by atomic mass is 32.2. The molecular formula is C6H10N2OS. The fraction of sp³-hybridized carbons (Fsp3) is 0.667. The lowest BCUT2D eigenvalue weighted by atomic mass is 10.3. The molecule has 0 amide bonds. The van der Waals surface area contributed by atoms with Crippen molar-refractivity contribution in [2.45, 2.75) is 18.2 Å². The van der Waals surface area contributed by atoms with Crippen molar-refractivity contribution in [2.75, 3.05) is 5.75 Å². The third-order valence-electron chi connectivity index (χ3n) is 1.58. The summed E-state index contributed by atoms with van der Waals surface area (Å²) < 4.78 is 5.33. The number of hydrogen-bond acceptors (Lipinski definition) is 4. The van der Waals surface area contributed by atoms with E-state index in [0.717, 1.165) is 17.9 Å². The van der Waals surface area contributed by atoms with Crippen molar-refractivity contribution in [2.24, 2.45) is 5.73 Å². The van der Waals surface area contributed by atoms with Gasteiger partial charge in [-0.25, -0.2) is 0 Å². The molecule has 10 heavy (non-hydrogen) atoms. The molecule has 2 aliphatic heterocycles. The summed E-state index contributed by atoms with van der Waals surface area (Å²) >= 11 is 1.80. The van der Waals surface area contributed by atoms with E-state index in [4.69, 9.17) is 10.5 Å². The summed E-state index contributed by atoms with van der Waals surface area (Å²) in [5, 5.41) is 3.05. The number of thioether (sulfide) groups is 1. The van der Waals surface area contributed by atoms with Crippen LogP contribution in [0.5, 0.6) is 0 Å². The lowest BCUT2D eigenvalue weighted by molar-refractivity contribution is 0.0910. The summed E-state index contributed by atoms with van der Waals surface area (Å²) in [5.74, 6) is 1.14. The molecule has 3 nitrogen and oxygen atoms in total. The normalized spacial score (nSPS) is 38.3. The van der Waals surface area contributed by atoms with Crippen molar-refractivity contribution < 1.29 is 4.74 Å². The minimum atomic E-state index is -0.290. The maximum Gasteiger partial charge on any atom is 0.183 e. The van der Waals surface area contributed by atoms with Crippen molar-refractivity contribution in [3.8, 4) is 0 Å². The maximum absolute atomic E-state index is 5.51. The molecule has 56 valence electrons. The number of hydrogen-bond donors (Lipinski definition) is 2. The molecule has 2 atom stereocenters. The van der Waals surface area contributed by atoms with Crippen LogP contribution in [-0.2, 0) is 4.74 Å². The Morgan fingerprint density at radius 1 is 1.80 bits per heavy atom. The van der Waals surface area contributed by atoms with Gasteiger partial charge in [0.05, 0.1) is 0 Å². The van der Waals surface area contributed by atoms with E-state index in [1.54, 1.807) is 11.8 Å². The molecule has 0 aromatic heterocycles. The Bertz CT molecular complexity index is 171. The van der Waals surface area contributed by atoms with Gasteiger partial charge in [0.2, 0.25) is 0 Å². The van der Waals surface area contributed by atoms with E-state index < -0.39 is 0 Å². The van der Waals surface area contributed by atoms with Crippen molar-refractivity contribution in [3.05, 3.63) is 11.8 Å². The van der Waals surface area contributed by atoms with Crippen LogP contribution >= 0.6 is 11.8 Å². The molecule has 0 radical (unpaired) electrons. The highest BCUT2D eigenvalue weighted by Crippen LogP contribution is 2.29. The molecular weight excluding hydrogens is 148 g/mol. The Kier molecular flexibility index (Phi) is 1.60. The third-order valence-corrected chi connectivity index (χ3v) is 2.72. The van der Waals surface area contributed by atoms with Gasteiger partial charge in [0, 0.05) is 5.70 Å². The van der Waals surface area contributed by atoms with Crippen LogP contribution in [0.3, 0.4) is 0 Å². The molecule has 2 heterocycles. The first kappa shape index (κ1) is 6.52. The fourth-order valence-corrected chi connectivity index (χ4v) is 2.16. The number of nitrogens with one attached hydrogen (secondary N) is 1. The van der Waals surface area contributed by atoms with Crippen molar-refractivity contribution >= 4 is 11.8 Å². The Morgan fingerprint density at radius 3 is 3.50 bits per heavy atom. The summed E-state index contributed by atoms with van der Waals surface area (Å²) in [7, 11) is 0. The SMILES string of the molecule is NC1NC2=CCCSC2O1. The lowest BCUT2D eigenvalue weighted by Crippen LogP contribution is -2.31. The topological polar surface area (TPSA) is 47.3 Å². The molecule has 2 rings (SSSR count).